The monoisotopic (exact) mass is 832 g/mol. The average Bonchev–Trinajstić information content (AvgIpc) is 3.20. The molecule has 7 heteroatoms. The summed E-state index contributed by atoms with van der Waals surface area (Å²) in [4.78, 5) is 39.7. The van der Waals surface area contributed by atoms with E-state index in [9.17, 15) is 14.4 Å². The van der Waals surface area contributed by atoms with Gasteiger partial charge in [0.05, 0.1) is 13.2 Å². The number of carbonyl (C=O) groups excluding carboxylic acids is 3. The van der Waals surface area contributed by atoms with E-state index in [-0.39, 0.29) is 24.0 Å². The highest BCUT2D eigenvalue weighted by Gasteiger charge is 2.16. The number of hydrogen-bond acceptors (Lipinski definition) is 7. The van der Waals surface area contributed by atoms with Gasteiger partial charge < -0.3 is 19.1 Å². The number of allylic oxidation sites excluding steroid dienone is 3. The van der Waals surface area contributed by atoms with Crippen LogP contribution in [0.25, 0.3) is 0 Å². The lowest BCUT2D eigenvalue weighted by Gasteiger charge is -2.19. The lowest BCUT2D eigenvalue weighted by molar-refractivity contribution is -0.150. The lowest BCUT2D eigenvalue weighted by Crippen LogP contribution is -2.20. The Kier molecular flexibility index (Phi) is 41.0. The van der Waals surface area contributed by atoms with Crippen molar-refractivity contribution in [2.24, 2.45) is 17.8 Å². The zero-order chi connectivity index (χ0) is 43.6. The molecule has 0 saturated carbocycles. The Labute approximate surface area is 366 Å². The normalized spacial score (nSPS) is 13.7. The van der Waals surface area contributed by atoms with Crippen LogP contribution in [0.3, 0.4) is 0 Å². The lowest BCUT2D eigenvalue weighted by atomic mass is 9.92. The molecule has 0 N–H and O–H groups in total. The van der Waals surface area contributed by atoms with Gasteiger partial charge in [-0.05, 0) is 115 Å². The van der Waals surface area contributed by atoms with E-state index < -0.39 is 0 Å². The third kappa shape index (κ3) is 39.7. The second-order valence-electron chi connectivity index (χ2n) is 18.1. The molecule has 0 aliphatic rings. The Morgan fingerprint density at radius 2 is 1.00 bits per heavy atom. The predicted octanol–water partition coefficient (Wildman–Crippen LogP) is 14.7. The highest BCUT2D eigenvalue weighted by atomic mass is 16.5. The molecule has 0 aromatic rings. The molecule has 0 aromatic heterocycles. The molecule has 59 heavy (non-hydrogen) atoms. The van der Waals surface area contributed by atoms with E-state index >= 15 is 0 Å². The quantitative estimate of drug-likeness (QED) is 0.0262. The predicted molar refractivity (Wildman–Crippen MR) is 251 cm³/mol. The molecule has 0 fully saturated rings. The van der Waals surface area contributed by atoms with Crippen LogP contribution in [0.15, 0.2) is 24.8 Å². The van der Waals surface area contributed by atoms with Gasteiger partial charge in [-0.1, -0.05) is 155 Å². The van der Waals surface area contributed by atoms with Crippen molar-refractivity contribution in [3.05, 3.63) is 24.8 Å². The van der Waals surface area contributed by atoms with Gasteiger partial charge in [0.2, 0.25) is 0 Å². The summed E-state index contributed by atoms with van der Waals surface area (Å²) in [7, 11) is 4.05. The molecule has 4 atom stereocenters. The maximum Gasteiger partial charge on any atom is 0.306 e. The molecule has 7 nitrogen and oxygen atoms in total. The van der Waals surface area contributed by atoms with Crippen LogP contribution in [-0.2, 0) is 28.6 Å². The van der Waals surface area contributed by atoms with Gasteiger partial charge in [-0.25, -0.2) is 0 Å². The van der Waals surface area contributed by atoms with Crippen molar-refractivity contribution in [2.75, 3.05) is 33.9 Å². The fourth-order valence-electron chi connectivity index (χ4n) is 8.01. The molecule has 0 heterocycles. The molecular formula is C52H97NO6. The first-order valence-corrected chi connectivity index (χ1v) is 25.1. The van der Waals surface area contributed by atoms with Crippen LogP contribution >= 0.6 is 0 Å². The first kappa shape index (κ1) is 56.9. The number of rotatable bonds is 44. The summed E-state index contributed by atoms with van der Waals surface area (Å²) in [5.41, 5.74) is 0. The summed E-state index contributed by atoms with van der Waals surface area (Å²) in [6.07, 6.45) is 39.8. The summed E-state index contributed by atoms with van der Waals surface area (Å²) in [5.74, 6) is 1.66. The Morgan fingerprint density at radius 3 is 1.61 bits per heavy atom. The minimum absolute atomic E-state index is 0.0360. The number of carbonyl (C=O) groups is 3. The van der Waals surface area contributed by atoms with Crippen LogP contribution in [0.2, 0.25) is 0 Å². The number of nitrogens with zero attached hydrogens (tertiary/aromatic N) is 1. The second kappa shape index (κ2) is 42.5. The molecule has 0 radical (unpaired) electrons. The van der Waals surface area contributed by atoms with Gasteiger partial charge in [-0.15, -0.1) is 6.58 Å². The van der Waals surface area contributed by atoms with Crippen LogP contribution in [-0.4, -0.2) is 62.8 Å². The molecule has 4 unspecified atom stereocenters. The van der Waals surface area contributed by atoms with Crippen LogP contribution in [0, 0.1) is 17.8 Å². The van der Waals surface area contributed by atoms with Crippen molar-refractivity contribution >= 4 is 17.9 Å². The van der Waals surface area contributed by atoms with Crippen LogP contribution in [0.5, 0.6) is 0 Å². The van der Waals surface area contributed by atoms with Gasteiger partial charge in [0.1, 0.15) is 6.10 Å². The van der Waals surface area contributed by atoms with Crippen molar-refractivity contribution in [1.29, 1.82) is 0 Å². The van der Waals surface area contributed by atoms with E-state index in [1.165, 1.54) is 96.3 Å². The summed E-state index contributed by atoms with van der Waals surface area (Å²) in [6.45, 7) is 14.9. The highest BCUT2D eigenvalue weighted by molar-refractivity contribution is 5.70. The first-order chi connectivity index (χ1) is 28.6. The number of unbranched alkanes of at least 4 members (excludes halogenated alkanes) is 10. The van der Waals surface area contributed by atoms with E-state index in [2.05, 4.69) is 51.3 Å². The molecule has 0 bridgehead atoms. The fraction of sp³-hybridized carbons (Fsp3) is 0.865. The maximum atomic E-state index is 12.7. The number of ether oxygens (including phenoxy) is 3. The third-order valence-corrected chi connectivity index (χ3v) is 11.9. The molecule has 0 spiro atoms. The van der Waals surface area contributed by atoms with Crippen molar-refractivity contribution < 1.29 is 28.6 Å². The van der Waals surface area contributed by atoms with Crippen LogP contribution in [0.4, 0.5) is 0 Å². The molecule has 0 saturated heterocycles. The minimum atomic E-state index is -0.105. The van der Waals surface area contributed by atoms with E-state index in [4.69, 9.17) is 14.2 Å². The first-order valence-electron chi connectivity index (χ1n) is 25.1. The zero-order valence-electron chi connectivity index (χ0n) is 39.9. The molecule has 0 amide bonds. The SMILES string of the molecule is C=CCCCC(CCCCC)CCOC(=O)CC/C=C/CCCC(CCCC(C)CCCCC(=O)OCCC(CCCCC)CCCCCC)OC(=O)CCCN(C)C. The van der Waals surface area contributed by atoms with E-state index in [0.29, 0.717) is 56.7 Å². The largest absolute Gasteiger partial charge is 0.466 e. The van der Waals surface area contributed by atoms with Crippen LogP contribution in [0.1, 0.15) is 233 Å². The zero-order valence-corrected chi connectivity index (χ0v) is 39.9. The Balaban J connectivity index is 4.51. The van der Waals surface area contributed by atoms with Crippen molar-refractivity contribution in [3.63, 3.8) is 0 Å². The maximum absolute atomic E-state index is 12.7. The number of hydrogen-bond donors (Lipinski definition) is 0. The summed E-state index contributed by atoms with van der Waals surface area (Å²) < 4.78 is 17.3. The molecule has 0 aliphatic carbocycles. The molecule has 0 rings (SSSR count). The fourth-order valence-corrected chi connectivity index (χ4v) is 8.01. The van der Waals surface area contributed by atoms with Gasteiger partial charge in [-0.3, -0.25) is 14.4 Å². The van der Waals surface area contributed by atoms with Gasteiger partial charge >= 0.3 is 17.9 Å². The van der Waals surface area contributed by atoms with E-state index in [1.54, 1.807) is 0 Å². The molecule has 346 valence electrons. The van der Waals surface area contributed by atoms with Gasteiger partial charge in [0, 0.05) is 19.3 Å². The third-order valence-electron chi connectivity index (χ3n) is 11.9. The Morgan fingerprint density at radius 1 is 0.508 bits per heavy atom. The molecule has 0 aliphatic heterocycles. The topological polar surface area (TPSA) is 82.1 Å². The van der Waals surface area contributed by atoms with Crippen LogP contribution < -0.4 is 0 Å². The van der Waals surface area contributed by atoms with Crippen molar-refractivity contribution in [2.45, 2.75) is 239 Å². The minimum Gasteiger partial charge on any atom is -0.466 e. The Hall–Kier alpha value is -2.15. The van der Waals surface area contributed by atoms with Gasteiger partial charge in [0.25, 0.3) is 0 Å². The van der Waals surface area contributed by atoms with Gasteiger partial charge in [-0.2, -0.15) is 0 Å². The second-order valence-corrected chi connectivity index (χ2v) is 18.1. The number of esters is 3. The van der Waals surface area contributed by atoms with Gasteiger partial charge in [0.15, 0.2) is 0 Å². The highest BCUT2D eigenvalue weighted by Crippen LogP contribution is 2.24. The van der Waals surface area contributed by atoms with E-state index in [1.807, 2.05) is 20.2 Å². The summed E-state index contributed by atoms with van der Waals surface area (Å²) in [5, 5.41) is 0. The summed E-state index contributed by atoms with van der Waals surface area (Å²) >= 11 is 0. The van der Waals surface area contributed by atoms with Crippen molar-refractivity contribution in [1.82, 2.24) is 4.90 Å². The average molecular weight is 832 g/mol. The van der Waals surface area contributed by atoms with E-state index in [0.717, 1.165) is 90.0 Å². The molecule has 0 aromatic carbocycles. The Bertz CT molecular complexity index is 1010. The standard InChI is InChI=1S/C52H97NO6/c1-8-12-16-23-35-48(34-22-15-11-4)42-45-58-51(55)39-27-26-30-46(5)31-28-37-49(59-52(56)40-29-43-53(6)7)36-24-18-17-19-25-38-50(54)57-44-41-47(32-20-13-9-2)33-21-14-10-3/h9,17,19,46-49H,2,8,10-16,18,20-45H2,1,3-7H3/b19-17+. The molecular weight excluding hydrogens is 735 g/mol. The smallest absolute Gasteiger partial charge is 0.306 e. The van der Waals surface area contributed by atoms with Crippen molar-refractivity contribution in [3.8, 4) is 0 Å². The summed E-state index contributed by atoms with van der Waals surface area (Å²) in [6, 6.07) is 0.